The molecule has 0 unspecified atom stereocenters. The number of hydrogen-bond donors (Lipinski definition) is 0. The van der Waals surface area contributed by atoms with Crippen LogP contribution in [0.25, 0.3) is 0 Å². The fraction of sp³-hybridized carbons (Fsp3) is 1.00. The topological polar surface area (TPSA) is 9.23 Å². The van der Waals surface area contributed by atoms with Crippen LogP contribution in [0.15, 0.2) is 0 Å². The van der Waals surface area contributed by atoms with E-state index in [1.165, 1.54) is 116 Å². The highest BCUT2D eigenvalue weighted by atomic mass is 28.2. The highest BCUT2D eigenvalue weighted by Crippen LogP contribution is 2.15. The van der Waals surface area contributed by atoms with E-state index in [4.69, 9.17) is 4.43 Å². The molecule has 0 aliphatic rings. The van der Waals surface area contributed by atoms with Gasteiger partial charge in [-0.3, -0.25) is 0 Å². The largest absolute Gasteiger partial charge is 0.428 e. The standard InChI is InChI=1S/C22H48OSi/c1-22(2)20-18-16-14-12-10-8-6-4-3-5-7-9-11-13-15-17-19-21-23-24/h22H,3-21H2,1-2,24H3. The van der Waals surface area contributed by atoms with Gasteiger partial charge in [0, 0.05) is 6.61 Å². The van der Waals surface area contributed by atoms with Crippen molar-refractivity contribution in [2.45, 2.75) is 129 Å². The molecule has 0 rings (SSSR count). The number of unbranched alkanes of at least 4 members (excludes halogenated alkanes) is 16. The minimum Gasteiger partial charge on any atom is -0.428 e. The fourth-order valence-electron chi connectivity index (χ4n) is 3.45. The maximum atomic E-state index is 5.22. The van der Waals surface area contributed by atoms with Crippen LogP contribution in [-0.2, 0) is 4.43 Å². The van der Waals surface area contributed by atoms with Crippen molar-refractivity contribution in [3.63, 3.8) is 0 Å². The fourth-order valence-corrected chi connectivity index (χ4v) is 3.74. The van der Waals surface area contributed by atoms with Gasteiger partial charge in [0.05, 0.1) is 0 Å². The summed E-state index contributed by atoms with van der Waals surface area (Å²) in [7, 11) is 0.909. The summed E-state index contributed by atoms with van der Waals surface area (Å²) < 4.78 is 5.22. The maximum Gasteiger partial charge on any atom is 0.145 e. The summed E-state index contributed by atoms with van der Waals surface area (Å²) in [6.45, 7) is 5.68. The average molecular weight is 357 g/mol. The van der Waals surface area contributed by atoms with E-state index in [0.717, 1.165) is 23.0 Å². The Labute approximate surface area is 157 Å². The Morgan fingerprint density at radius 2 is 0.792 bits per heavy atom. The predicted molar refractivity (Wildman–Crippen MR) is 114 cm³/mol. The molecule has 0 aromatic heterocycles. The molecular formula is C22H48OSi. The molecule has 2 heteroatoms. The lowest BCUT2D eigenvalue weighted by molar-refractivity contribution is 0.332. The van der Waals surface area contributed by atoms with Gasteiger partial charge >= 0.3 is 0 Å². The van der Waals surface area contributed by atoms with Crippen LogP contribution in [0.2, 0.25) is 0 Å². The van der Waals surface area contributed by atoms with Crippen molar-refractivity contribution in [1.82, 2.24) is 0 Å². The molecule has 146 valence electrons. The van der Waals surface area contributed by atoms with Gasteiger partial charge in [-0.1, -0.05) is 123 Å². The average Bonchev–Trinajstić information content (AvgIpc) is 2.56. The number of hydrogen-bond acceptors (Lipinski definition) is 1. The minimum atomic E-state index is 0.895. The zero-order valence-electron chi connectivity index (χ0n) is 17.4. The van der Waals surface area contributed by atoms with E-state index < -0.39 is 0 Å². The quantitative estimate of drug-likeness (QED) is 0.169. The van der Waals surface area contributed by atoms with Crippen molar-refractivity contribution < 1.29 is 4.43 Å². The van der Waals surface area contributed by atoms with Crippen molar-refractivity contribution in [2.75, 3.05) is 6.61 Å². The predicted octanol–water partition coefficient (Wildman–Crippen LogP) is 6.96. The molecule has 0 atom stereocenters. The Morgan fingerprint density at radius 1 is 0.500 bits per heavy atom. The van der Waals surface area contributed by atoms with Crippen LogP contribution in [0.1, 0.15) is 129 Å². The molecule has 0 aliphatic heterocycles. The zero-order chi connectivity index (χ0) is 17.7. The molecule has 24 heavy (non-hydrogen) atoms. The van der Waals surface area contributed by atoms with Gasteiger partial charge in [-0.05, 0) is 12.3 Å². The second kappa shape index (κ2) is 21.2. The molecule has 0 spiro atoms. The van der Waals surface area contributed by atoms with E-state index in [-0.39, 0.29) is 0 Å². The monoisotopic (exact) mass is 356 g/mol. The SMILES string of the molecule is CC(C)CCCCCCCCCCCCCCCCCCCO[SiH3]. The van der Waals surface area contributed by atoms with E-state index in [0.29, 0.717) is 0 Å². The normalized spacial score (nSPS) is 11.6. The lowest BCUT2D eigenvalue weighted by Crippen LogP contribution is -1.89. The highest BCUT2D eigenvalue weighted by Gasteiger charge is 1.96. The molecular weight excluding hydrogens is 308 g/mol. The molecule has 0 bridgehead atoms. The van der Waals surface area contributed by atoms with E-state index in [2.05, 4.69) is 13.8 Å². The summed E-state index contributed by atoms with van der Waals surface area (Å²) in [5, 5.41) is 0. The first kappa shape index (κ1) is 24.2. The van der Waals surface area contributed by atoms with Crippen LogP contribution in [0.3, 0.4) is 0 Å². The minimum absolute atomic E-state index is 0.895. The highest BCUT2D eigenvalue weighted by molar-refractivity contribution is 5.97. The molecule has 0 saturated carbocycles. The third-order valence-electron chi connectivity index (χ3n) is 5.13. The van der Waals surface area contributed by atoms with Gasteiger partial charge in [-0.2, -0.15) is 0 Å². The molecule has 0 aromatic rings. The van der Waals surface area contributed by atoms with Gasteiger partial charge in [0.25, 0.3) is 0 Å². The summed E-state index contributed by atoms with van der Waals surface area (Å²) in [4.78, 5) is 0. The number of rotatable bonds is 20. The lowest BCUT2D eigenvalue weighted by Gasteiger charge is -2.05. The van der Waals surface area contributed by atoms with E-state index in [1.54, 1.807) is 0 Å². The second-order valence-corrected chi connectivity index (χ2v) is 8.76. The van der Waals surface area contributed by atoms with E-state index >= 15 is 0 Å². The van der Waals surface area contributed by atoms with Crippen LogP contribution in [0.4, 0.5) is 0 Å². The van der Waals surface area contributed by atoms with Crippen molar-refractivity contribution >= 4 is 10.5 Å². The smallest absolute Gasteiger partial charge is 0.145 e. The maximum absolute atomic E-state index is 5.22. The van der Waals surface area contributed by atoms with Crippen LogP contribution in [0.5, 0.6) is 0 Å². The van der Waals surface area contributed by atoms with Gasteiger partial charge in [0.1, 0.15) is 10.5 Å². The Balaban J connectivity index is 2.95. The molecule has 0 N–H and O–H groups in total. The van der Waals surface area contributed by atoms with Crippen LogP contribution in [-0.4, -0.2) is 17.1 Å². The van der Waals surface area contributed by atoms with E-state index in [1.807, 2.05) is 0 Å². The third kappa shape index (κ3) is 22.2. The Morgan fingerprint density at radius 3 is 1.08 bits per heavy atom. The molecule has 0 radical (unpaired) electrons. The van der Waals surface area contributed by atoms with Crippen molar-refractivity contribution in [2.24, 2.45) is 5.92 Å². The molecule has 0 aromatic carbocycles. The van der Waals surface area contributed by atoms with E-state index in [9.17, 15) is 0 Å². The molecule has 0 aliphatic carbocycles. The van der Waals surface area contributed by atoms with Crippen molar-refractivity contribution in [3.05, 3.63) is 0 Å². The molecule has 0 amide bonds. The van der Waals surface area contributed by atoms with Crippen molar-refractivity contribution in [1.29, 1.82) is 0 Å². The first-order valence-corrected chi connectivity index (χ1v) is 12.1. The first-order chi connectivity index (χ1) is 11.8. The summed E-state index contributed by atoms with van der Waals surface area (Å²) in [5.41, 5.74) is 0. The zero-order valence-corrected chi connectivity index (χ0v) is 19.4. The summed E-state index contributed by atoms with van der Waals surface area (Å²) in [5.74, 6) is 0.895. The molecule has 0 heterocycles. The lowest BCUT2D eigenvalue weighted by atomic mass is 10.0. The van der Waals surface area contributed by atoms with Gasteiger partial charge in [0.15, 0.2) is 0 Å². The summed E-state index contributed by atoms with van der Waals surface area (Å²) >= 11 is 0. The molecule has 0 fully saturated rings. The molecule has 1 nitrogen and oxygen atoms in total. The van der Waals surface area contributed by atoms with Crippen LogP contribution >= 0.6 is 0 Å². The molecule has 0 saturated heterocycles. The Kier molecular flexibility index (Phi) is 21.4. The van der Waals surface area contributed by atoms with Gasteiger partial charge in [-0.15, -0.1) is 0 Å². The van der Waals surface area contributed by atoms with Crippen molar-refractivity contribution in [3.8, 4) is 0 Å². The van der Waals surface area contributed by atoms with Gasteiger partial charge in [-0.25, -0.2) is 0 Å². The van der Waals surface area contributed by atoms with Crippen LogP contribution in [0, 0.1) is 5.92 Å². The summed E-state index contributed by atoms with van der Waals surface area (Å²) in [6, 6.07) is 0. The first-order valence-electron chi connectivity index (χ1n) is 11.3. The Hall–Kier alpha value is 0.177. The Bertz CT molecular complexity index is 218. The van der Waals surface area contributed by atoms with Gasteiger partial charge < -0.3 is 4.43 Å². The van der Waals surface area contributed by atoms with Crippen LogP contribution < -0.4 is 0 Å². The third-order valence-corrected chi connectivity index (χ3v) is 5.54. The van der Waals surface area contributed by atoms with Gasteiger partial charge in [0.2, 0.25) is 0 Å². The second-order valence-electron chi connectivity index (χ2n) is 8.19. The summed E-state index contributed by atoms with van der Waals surface area (Å²) in [6.07, 6.45) is 26.1.